The summed E-state index contributed by atoms with van der Waals surface area (Å²) in [6.07, 6.45) is 2.94. The molecule has 1 aliphatic heterocycles. The lowest BCUT2D eigenvalue weighted by molar-refractivity contribution is 0.0529. The quantitative estimate of drug-likeness (QED) is 0.845. The van der Waals surface area contributed by atoms with Crippen LogP contribution in [0, 0.1) is 6.92 Å². The van der Waals surface area contributed by atoms with Gasteiger partial charge in [-0.3, -0.25) is 9.59 Å². The Bertz CT molecular complexity index is 680. The Hall–Kier alpha value is -2.50. The van der Waals surface area contributed by atoms with Gasteiger partial charge in [-0.1, -0.05) is 0 Å². The van der Waals surface area contributed by atoms with Crippen LogP contribution in [0.5, 0.6) is 0 Å². The number of nitrogens with zero attached hydrogens (tertiary/aromatic N) is 3. The van der Waals surface area contributed by atoms with Crippen molar-refractivity contribution in [2.24, 2.45) is 7.05 Å². The molecule has 1 fully saturated rings. The first-order valence-electron chi connectivity index (χ1n) is 7.31. The Morgan fingerprint density at radius 1 is 1.00 bits per heavy atom. The Kier molecular flexibility index (Phi) is 3.75. The number of aromatic nitrogens is 1. The molecule has 116 valence electrons. The molecule has 6 nitrogen and oxygen atoms in total. The SMILES string of the molecule is Cc1ccc(C(=O)N2CCN(C(=O)c3ccoc3)CC2)n1C. The van der Waals surface area contributed by atoms with Gasteiger partial charge >= 0.3 is 0 Å². The molecule has 0 N–H and O–H groups in total. The molecule has 0 unspecified atom stereocenters. The maximum Gasteiger partial charge on any atom is 0.270 e. The van der Waals surface area contributed by atoms with E-state index in [1.54, 1.807) is 15.9 Å². The number of amides is 2. The van der Waals surface area contributed by atoms with Gasteiger partial charge in [0.05, 0.1) is 11.8 Å². The van der Waals surface area contributed by atoms with Gasteiger partial charge in [0, 0.05) is 38.9 Å². The molecule has 1 saturated heterocycles. The van der Waals surface area contributed by atoms with Gasteiger partial charge in [-0.2, -0.15) is 0 Å². The molecule has 3 rings (SSSR count). The smallest absolute Gasteiger partial charge is 0.270 e. The predicted molar refractivity (Wildman–Crippen MR) is 80.7 cm³/mol. The van der Waals surface area contributed by atoms with Crippen LogP contribution >= 0.6 is 0 Å². The summed E-state index contributed by atoms with van der Waals surface area (Å²) in [7, 11) is 1.89. The molecule has 0 bridgehead atoms. The summed E-state index contributed by atoms with van der Waals surface area (Å²) in [6.45, 7) is 4.15. The first-order chi connectivity index (χ1) is 10.6. The second-order valence-electron chi connectivity index (χ2n) is 5.52. The molecule has 1 aliphatic rings. The van der Waals surface area contributed by atoms with Crippen molar-refractivity contribution < 1.29 is 14.0 Å². The van der Waals surface area contributed by atoms with Gasteiger partial charge in [0.25, 0.3) is 11.8 Å². The fourth-order valence-corrected chi connectivity index (χ4v) is 2.67. The van der Waals surface area contributed by atoms with Crippen molar-refractivity contribution in [2.75, 3.05) is 26.2 Å². The highest BCUT2D eigenvalue weighted by Crippen LogP contribution is 2.13. The van der Waals surface area contributed by atoms with E-state index >= 15 is 0 Å². The third-order valence-corrected chi connectivity index (χ3v) is 4.21. The summed E-state index contributed by atoms with van der Waals surface area (Å²) < 4.78 is 6.84. The van der Waals surface area contributed by atoms with Crippen LogP contribution in [0.1, 0.15) is 26.5 Å². The van der Waals surface area contributed by atoms with E-state index < -0.39 is 0 Å². The largest absolute Gasteiger partial charge is 0.472 e. The van der Waals surface area contributed by atoms with Gasteiger partial charge in [-0.05, 0) is 25.1 Å². The fourth-order valence-electron chi connectivity index (χ4n) is 2.67. The standard InChI is InChI=1S/C16H19N3O3/c1-12-3-4-14(17(12)2)16(21)19-8-6-18(7-9-19)15(20)13-5-10-22-11-13/h3-5,10-11H,6-9H2,1-2H3. The highest BCUT2D eigenvalue weighted by molar-refractivity contribution is 5.95. The number of carbonyl (C=O) groups excluding carboxylic acids is 2. The second-order valence-corrected chi connectivity index (χ2v) is 5.52. The van der Waals surface area contributed by atoms with Crippen LogP contribution in [0.15, 0.2) is 35.1 Å². The Morgan fingerprint density at radius 3 is 2.14 bits per heavy atom. The lowest BCUT2D eigenvalue weighted by Crippen LogP contribution is -2.50. The van der Waals surface area contributed by atoms with E-state index in [2.05, 4.69) is 0 Å². The van der Waals surface area contributed by atoms with Crippen LogP contribution < -0.4 is 0 Å². The molecule has 6 heteroatoms. The predicted octanol–water partition coefficient (Wildman–Crippen LogP) is 1.52. The van der Waals surface area contributed by atoms with E-state index in [9.17, 15) is 9.59 Å². The summed E-state index contributed by atoms with van der Waals surface area (Å²) >= 11 is 0. The normalized spacial score (nSPS) is 15.2. The summed E-state index contributed by atoms with van der Waals surface area (Å²) in [5.41, 5.74) is 2.29. The number of carbonyl (C=O) groups is 2. The van der Waals surface area contributed by atoms with Crippen molar-refractivity contribution in [2.45, 2.75) is 6.92 Å². The molecule has 22 heavy (non-hydrogen) atoms. The lowest BCUT2D eigenvalue weighted by Gasteiger charge is -2.34. The average Bonchev–Trinajstić information content (AvgIpc) is 3.18. The van der Waals surface area contributed by atoms with Crippen LogP contribution in [0.4, 0.5) is 0 Å². The topological polar surface area (TPSA) is 58.7 Å². The minimum absolute atomic E-state index is 0.0195. The van der Waals surface area contributed by atoms with Crippen molar-refractivity contribution >= 4 is 11.8 Å². The molecule has 0 radical (unpaired) electrons. The number of hydrogen-bond donors (Lipinski definition) is 0. The van der Waals surface area contributed by atoms with Crippen molar-refractivity contribution in [3.63, 3.8) is 0 Å². The number of hydrogen-bond acceptors (Lipinski definition) is 3. The molecular formula is C16H19N3O3. The third-order valence-electron chi connectivity index (χ3n) is 4.21. The van der Waals surface area contributed by atoms with Crippen LogP contribution in [-0.4, -0.2) is 52.4 Å². The molecule has 2 aromatic rings. The third kappa shape index (κ3) is 2.52. The van der Waals surface area contributed by atoms with E-state index in [-0.39, 0.29) is 11.8 Å². The van der Waals surface area contributed by atoms with E-state index in [0.29, 0.717) is 37.4 Å². The maximum absolute atomic E-state index is 12.5. The molecule has 0 aliphatic carbocycles. The molecule has 0 aromatic carbocycles. The molecule has 0 spiro atoms. The van der Waals surface area contributed by atoms with Crippen LogP contribution in [-0.2, 0) is 7.05 Å². The molecule has 2 aromatic heterocycles. The molecule has 0 saturated carbocycles. The Morgan fingerprint density at radius 2 is 1.64 bits per heavy atom. The summed E-state index contributed by atoms with van der Waals surface area (Å²) in [5, 5.41) is 0. The highest BCUT2D eigenvalue weighted by atomic mass is 16.3. The number of aryl methyl sites for hydroxylation is 1. The zero-order chi connectivity index (χ0) is 15.7. The van der Waals surface area contributed by atoms with Crippen molar-refractivity contribution in [3.05, 3.63) is 47.7 Å². The minimum Gasteiger partial charge on any atom is -0.472 e. The van der Waals surface area contributed by atoms with Crippen molar-refractivity contribution in [3.8, 4) is 0 Å². The van der Waals surface area contributed by atoms with Gasteiger partial charge in [0.2, 0.25) is 0 Å². The van der Waals surface area contributed by atoms with Crippen LogP contribution in [0.2, 0.25) is 0 Å². The van der Waals surface area contributed by atoms with Gasteiger partial charge in [0.15, 0.2) is 0 Å². The molecular weight excluding hydrogens is 282 g/mol. The zero-order valence-corrected chi connectivity index (χ0v) is 12.8. The summed E-state index contributed by atoms with van der Waals surface area (Å²) in [6, 6.07) is 5.44. The number of piperazine rings is 1. The van der Waals surface area contributed by atoms with Gasteiger partial charge in [-0.15, -0.1) is 0 Å². The molecule has 0 atom stereocenters. The van der Waals surface area contributed by atoms with Crippen LogP contribution in [0.25, 0.3) is 0 Å². The summed E-state index contributed by atoms with van der Waals surface area (Å²) in [5.74, 6) is -0.0263. The second kappa shape index (κ2) is 5.71. The van der Waals surface area contributed by atoms with Gasteiger partial charge < -0.3 is 18.8 Å². The zero-order valence-electron chi connectivity index (χ0n) is 12.8. The number of furan rings is 1. The minimum atomic E-state index is -0.0458. The molecule has 2 amide bonds. The van der Waals surface area contributed by atoms with Crippen molar-refractivity contribution in [1.29, 1.82) is 0 Å². The van der Waals surface area contributed by atoms with E-state index in [1.807, 2.05) is 30.7 Å². The van der Waals surface area contributed by atoms with E-state index in [4.69, 9.17) is 4.42 Å². The molecule has 3 heterocycles. The highest BCUT2D eigenvalue weighted by Gasteiger charge is 2.26. The first-order valence-corrected chi connectivity index (χ1v) is 7.31. The Labute approximate surface area is 128 Å². The Balaban J connectivity index is 1.63. The monoisotopic (exact) mass is 301 g/mol. The van der Waals surface area contributed by atoms with Gasteiger partial charge in [0.1, 0.15) is 12.0 Å². The number of rotatable bonds is 2. The van der Waals surface area contributed by atoms with Crippen molar-refractivity contribution in [1.82, 2.24) is 14.4 Å². The fraction of sp³-hybridized carbons (Fsp3) is 0.375. The maximum atomic E-state index is 12.5. The van der Waals surface area contributed by atoms with Crippen LogP contribution in [0.3, 0.4) is 0 Å². The van der Waals surface area contributed by atoms with E-state index in [0.717, 1.165) is 5.69 Å². The van der Waals surface area contributed by atoms with E-state index in [1.165, 1.54) is 12.5 Å². The van der Waals surface area contributed by atoms with Gasteiger partial charge in [-0.25, -0.2) is 0 Å². The summed E-state index contributed by atoms with van der Waals surface area (Å²) in [4.78, 5) is 28.3. The lowest BCUT2D eigenvalue weighted by atomic mass is 10.2. The first kappa shape index (κ1) is 14.4. The average molecular weight is 301 g/mol.